The van der Waals surface area contributed by atoms with E-state index in [1.807, 2.05) is 31.2 Å². The minimum Gasteiger partial charge on any atom is -0.491 e. The van der Waals surface area contributed by atoms with E-state index in [4.69, 9.17) is 9.72 Å². The Labute approximate surface area is 197 Å². The molecule has 0 aliphatic carbocycles. The molecule has 5 rings (SSSR count). The normalized spacial score (nSPS) is 14.4. The highest BCUT2D eigenvalue weighted by atomic mass is 19.1. The maximum Gasteiger partial charge on any atom is 0.225 e. The van der Waals surface area contributed by atoms with Crippen molar-refractivity contribution >= 4 is 27.7 Å². The molecular weight excluding hydrogens is 433 g/mol. The molecule has 2 aromatic carbocycles. The van der Waals surface area contributed by atoms with Gasteiger partial charge < -0.3 is 19.7 Å². The molecule has 0 saturated carbocycles. The maximum atomic E-state index is 14.5. The Bertz CT molecular complexity index is 1380. The summed E-state index contributed by atoms with van der Waals surface area (Å²) in [6.07, 6.45) is 0.567. The monoisotopic (exact) mass is 461 g/mol. The molecule has 1 aliphatic heterocycles. The molecule has 3 heterocycles. The van der Waals surface area contributed by atoms with Crippen LogP contribution in [0.2, 0.25) is 0 Å². The second-order valence-electron chi connectivity index (χ2n) is 8.90. The van der Waals surface area contributed by atoms with Crippen molar-refractivity contribution < 1.29 is 19.0 Å². The van der Waals surface area contributed by atoms with Crippen LogP contribution in [0, 0.1) is 5.82 Å². The first-order chi connectivity index (χ1) is 16.4. The molecule has 1 atom stereocenters. The van der Waals surface area contributed by atoms with Crippen molar-refractivity contribution in [2.75, 3.05) is 13.2 Å². The summed E-state index contributed by atoms with van der Waals surface area (Å²) in [6.45, 7) is 4.85. The molecule has 2 N–H and O–H groups in total. The van der Waals surface area contributed by atoms with Crippen LogP contribution in [0.15, 0.2) is 42.5 Å². The van der Waals surface area contributed by atoms with E-state index in [1.54, 1.807) is 17.9 Å². The smallest absolute Gasteiger partial charge is 0.225 e. The predicted molar refractivity (Wildman–Crippen MR) is 129 cm³/mol. The van der Waals surface area contributed by atoms with Gasteiger partial charge in [0.25, 0.3) is 0 Å². The number of hydrogen-bond acceptors (Lipinski definition) is 4. The highest BCUT2D eigenvalue weighted by Crippen LogP contribution is 2.35. The molecule has 176 valence electrons. The van der Waals surface area contributed by atoms with Crippen LogP contribution in [0.5, 0.6) is 5.75 Å². The molecular formula is C27H28FN3O3. The number of aliphatic hydroxyl groups excluding tert-OH is 1. The molecule has 2 aromatic heterocycles. The van der Waals surface area contributed by atoms with E-state index in [0.29, 0.717) is 32.5 Å². The fraction of sp³-hybridized carbons (Fsp3) is 0.333. The number of aromatic amines is 1. The van der Waals surface area contributed by atoms with Crippen LogP contribution in [0.4, 0.5) is 4.39 Å². The number of ether oxygens (including phenoxy) is 1. The summed E-state index contributed by atoms with van der Waals surface area (Å²) in [4.78, 5) is 22.9. The summed E-state index contributed by atoms with van der Waals surface area (Å²) in [6, 6.07) is 13.2. The van der Waals surface area contributed by atoms with Crippen LogP contribution in [0.1, 0.15) is 42.8 Å². The number of hydrogen-bond donors (Lipinski definition) is 2. The van der Waals surface area contributed by atoms with Crippen LogP contribution in [0.3, 0.4) is 0 Å². The van der Waals surface area contributed by atoms with Crippen LogP contribution in [0.25, 0.3) is 21.8 Å². The summed E-state index contributed by atoms with van der Waals surface area (Å²) in [5.41, 5.74) is 5.61. The predicted octanol–water partition coefficient (Wildman–Crippen LogP) is 4.50. The van der Waals surface area contributed by atoms with Crippen LogP contribution in [-0.4, -0.2) is 45.1 Å². The van der Waals surface area contributed by atoms with E-state index in [0.717, 1.165) is 44.3 Å². The third kappa shape index (κ3) is 4.12. The first-order valence-electron chi connectivity index (χ1n) is 11.7. The van der Waals surface area contributed by atoms with Gasteiger partial charge in [0.1, 0.15) is 0 Å². The minimum absolute atomic E-state index is 0.0726. The van der Waals surface area contributed by atoms with Crippen LogP contribution >= 0.6 is 0 Å². The van der Waals surface area contributed by atoms with Crippen molar-refractivity contribution in [1.29, 1.82) is 0 Å². The Morgan fingerprint density at radius 3 is 2.88 bits per heavy atom. The third-order valence-electron chi connectivity index (χ3n) is 6.38. The summed E-state index contributed by atoms with van der Waals surface area (Å²) in [5, 5.41) is 11.9. The Morgan fingerprint density at radius 1 is 1.29 bits per heavy atom. The highest BCUT2D eigenvalue weighted by Gasteiger charge is 2.27. The van der Waals surface area contributed by atoms with Gasteiger partial charge in [0.05, 0.1) is 42.6 Å². The Balaban J connectivity index is 1.59. The first kappa shape index (κ1) is 22.3. The van der Waals surface area contributed by atoms with Gasteiger partial charge in [-0.25, -0.2) is 4.39 Å². The van der Waals surface area contributed by atoms with E-state index >= 15 is 0 Å². The molecule has 0 saturated heterocycles. The number of halogens is 1. The Hall–Kier alpha value is -3.45. The minimum atomic E-state index is -0.678. The Kier molecular flexibility index (Phi) is 5.96. The number of para-hydroxylation sites is 1. The lowest BCUT2D eigenvalue weighted by molar-refractivity contribution is -0.134. The van der Waals surface area contributed by atoms with Crippen molar-refractivity contribution in [2.24, 2.45) is 0 Å². The zero-order valence-electron chi connectivity index (χ0n) is 19.4. The number of aliphatic hydroxyl groups is 1. The zero-order valence-corrected chi connectivity index (χ0v) is 19.4. The number of pyridine rings is 1. The average Bonchev–Trinajstić information content (AvgIpc) is 3.20. The topological polar surface area (TPSA) is 78.5 Å². The SMILES string of the molecule is CCOc1ccc(Cc2nc3c(c4c2[nH]c2ccccc24)CCN(C(=O)CC(C)O)C3)cc1F. The average molecular weight is 462 g/mol. The van der Waals surface area contributed by atoms with Gasteiger partial charge in [-0.15, -0.1) is 0 Å². The van der Waals surface area contributed by atoms with Gasteiger partial charge in [0.2, 0.25) is 5.91 Å². The summed E-state index contributed by atoms with van der Waals surface area (Å²) < 4.78 is 19.9. The quantitative estimate of drug-likeness (QED) is 0.443. The molecule has 6 nitrogen and oxygen atoms in total. The standard InChI is InChI=1S/C27H28FN3O3/c1-3-34-24-9-8-17(13-20(24)28)14-22-27-26(18-6-4-5-7-21(18)30-27)19-10-11-31(15-23(19)29-22)25(33)12-16(2)32/h4-9,13,16,30,32H,3,10-12,14-15H2,1-2H3. The molecule has 0 spiro atoms. The molecule has 1 amide bonds. The highest BCUT2D eigenvalue weighted by molar-refractivity contribution is 6.10. The van der Waals surface area contributed by atoms with Gasteiger partial charge in [-0.2, -0.15) is 0 Å². The molecule has 0 radical (unpaired) electrons. The van der Waals surface area contributed by atoms with Crippen molar-refractivity contribution in [1.82, 2.24) is 14.9 Å². The number of H-pyrrole nitrogens is 1. The van der Waals surface area contributed by atoms with Crippen molar-refractivity contribution in [3.8, 4) is 5.75 Å². The van der Waals surface area contributed by atoms with Gasteiger partial charge in [-0.05, 0) is 49.6 Å². The number of carbonyl (C=O) groups is 1. The molecule has 7 heteroatoms. The molecule has 0 bridgehead atoms. The largest absolute Gasteiger partial charge is 0.491 e. The number of nitrogens with zero attached hydrogens (tertiary/aromatic N) is 2. The number of amides is 1. The van der Waals surface area contributed by atoms with Gasteiger partial charge in [0.15, 0.2) is 11.6 Å². The van der Waals surface area contributed by atoms with E-state index in [9.17, 15) is 14.3 Å². The van der Waals surface area contributed by atoms with Crippen molar-refractivity contribution in [2.45, 2.75) is 45.8 Å². The van der Waals surface area contributed by atoms with Gasteiger partial charge in [-0.1, -0.05) is 24.3 Å². The van der Waals surface area contributed by atoms with E-state index in [2.05, 4.69) is 11.1 Å². The van der Waals surface area contributed by atoms with Crippen LogP contribution < -0.4 is 4.74 Å². The molecule has 34 heavy (non-hydrogen) atoms. The number of rotatable bonds is 6. The lowest BCUT2D eigenvalue weighted by Crippen LogP contribution is -2.38. The Morgan fingerprint density at radius 2 is 2.12 bits per heavy atom. The molecule has 0 fully saturated rings. The van der Waals surface area contributed by atoms with E-state index in [1.165, 1.54) is 6.07 Å². The molecule has 1 aliphatic rings. The second-order valence-corrected chi connectivity index (χ2v) is 8.90. The van der Waals surface area contributed by atoms with Gasteiger partial charge in [0, 0.05) is 29.3 Å². The number of nitrogens with one attached hydrogen (secondary N) is 1. The second kappa shape index (κ2) is 9.06. The maximum absolute atomic E-state index is 14.5. The van der Waals surface area contributed by atoms with Gasteiger partial charge >= 0.3 is 0 Å². The first-order valence-corrected chi connectivity index (χ1v) is 11.7. The molecule has 1 unspecified atom stereocenters. The van der Waals surface area contributed by atoms with Crippen molar-refractivity contribution in [3.63, 3.8) is 0 Å². The number of carbonyl (C=O) groups excluding carboxylic acids is 1. The van der Waals surface area contributed by atoms with Gasteiger partial charge in [-0.3, -0.25) is 9.78 Å². The summed E-state index contributed by atoms with van der Waals surface area (Å²) >= 11 is 0. The lowest BCUT2D eigenvalue weighted by atomic mass is 9.96. The van der Waals surface area contributed by atoms with E-state index in [-0.39, 0.29) is 23.9 Å². The number of benzene rings is 2. The fourth-order valence-corrected chi connectivity index (χ4v) is 4.85. The lowest BCUT2D eigenvalue weighted by Gasteiger charge is -2.29. The number of aromatic nitrogens is 2. The third-order valence-corrected chi connectivity index (χ3v) is 6.38. The fourth-order valence-electron chi connectivity index (χ4n) is 4.85. The number of fused-ring (bicyclic) bond motifs is 5. The van der Waals surface area contributed by atoms with E-state index < -0.39 is 6.10 Å². The zero-order chi connectivity index (χ0) is 23.8. The summed E-state index contributed by atoms with van der Waals surface area (Å²) in [5.74, 6) is -0.218. The van der Waals surface area contributed by atoms with Crippen LogP contribution in [-0.2, 0) is 24.2 Å². The summed E-state index contributed by atoms with van der Waals surface area (Å²) in [7, 11) is 0. The van der Waals surface area contributed by atoms with Crippen molar-refractivity contribution in [3.05, 3.63) is 70.8 Å². The molecule has 4 aromatic rings.